The van der Waals surface area contributed by atoms with E-state index in [9.17, 15) is 4.79 Å². The fraction of sp³-hybridized carbons (Fsp3) is 0.182. The maximum absolute atomic E-state index is 12.6. The molecule has 0 spiro atoms. The lowest BCUT2D eigenvalue weighted by atomic mass is 10.2. The molecule has 2 heterocycles. The number of halogens is 1. The summed E-state index contributed by atoms with van der Waals surface area (Å²) in [5, 5.41) is 13.8. The SMILES string of the molecule is COCCn1c(SCC(=O)Nc2cccc3ncccc23)nnc1-c1ccc(Cl)cc1. The fourth-order valence-electron chi connectivity index (χ4n) is 3.12. The van der Waals surface area contributed by atoms with E-state index in [1.165, 1.54) is 11.8 Å². The van der Waals surface area contributed by atoms with Crippen molar-refractivity contribution in [2.45, 2.75) is 11.7 Å². The number of aromatic nitrogens is 4. The van der Waals surface area contributed by atoms with Crippen LogP contribution in [0.5, 0.6) is 0 Å². The van der Waals surface area contributed by atoms with Crippen molar-refractivity contribution < 1.29 is 9.53 Å². The summed E-state index contributed by atoms with van der Waals surface area (Å²) in [6, 6.07) is 16.8. The summed E-state index contributed by atoms with van der Waals surface area (Å²) in [5.41, 5.74) is 2.46. The highest BCUT2D eigenvalue weighted by atomic mass is 35.5. The summed E-state index contributed by atoms with van der Waals surface area (Å²) in [4.78, 5) is 16.9. The number of methoxy groups -OCH3 is 1. The lowest BCUT2D eigenvalue weighted by Gasteiger charge is -2.10. The molecule has 0 atom stereocenters. The lowest BCUT2D eigenvalue weighted by Crippen LogP contribution is -2.15. The number of nitrogens with one attached hydrogen (secondary N) is 1. The topological polar surface area (TPSA) is 81.9 Å². The Morgan fingerprint density at radius 2 is 1.97 bits per heavy atom. The van der Waals surface area contributed by atoms with Crippen molar-refractivity contribution in [3.05, 3.63) is 65.8 Å². The van der Waals surface area contributed by atoms with Gasteiger partial charge in [0.1, 0.15) is 0 Å². The minimum atomic E-state index is -0.129. The monoisotopic (exact) mass is 453 g/mol. The third-order valence-electron chi connectivity index (χ3n) is 4.59. The Kier molecular flexibility index (Phi) is 6.81. The molecule has 0 radical (unpaired) electrons. The van der Waals surface area contributed by atoms with Crippen LogP contribution < -0.4 is 5.32 Å². The van der Waals surface area contributed by atoms with Gasteiger partial charge in [-0.05, 0) is 48.5 Å². The van der Waals surface area contributed by atoms with Gasteiger partial charge in [-0.1, -0.05) is 29.4 Å². The molecule has 4 aromatic rings. The molecule has 0 unspecified atom stereocenters. The molecule has 0 fully saturated rings. The number of ether oxygens (including phenoxy) is 1. The predicted octanol–water partition coefficient (Wildman–Crippen LogP) is 4.52. The van der Waals surface area contributed by atoms with Crippen LogP contribution in [0, 0.1) is 0 Å². The number of amides is 1. The van der Waals surface area contributed by atoms with Gasteiger partial charge in [-0.25, -0.2) is 0 Å². The van der Waals surface area contributed by atoms with Gasteiger partial charge in [0.15, 0.2) is 11.0 Å². The average Bonchev–Trinajstić information content (AvgIpc) is 3.19. The highest BCUT2D eigenvalue weighted by Gasteiger charge is 2.16. The second-order valence-corrected chi connectivity index (χ2v) is 8.05. The number of hydrogen-bond donors (Lipinski definition) is 1. The number of thioether (sulfide) groups is 1. The molecule has 0 bridgehead atoms. The summed E-state index contributed by atoms with van der Waals surface area (Å²) in [7, 11) is 1.64. The molecular formula is C22H20ClN5O2S. The van der Waals surface area contributed by atoms with E-state index in [-0.39, 0.29) is 11.7 Å². The van der Waals surface area contributed by atoms with E-state index in [0.717, 1.165) is 22.2 Å². The number of carbonyl (C=O) groups excluding carboxylic acids is 1. The number of benzene rings is 2. The Bertz CT molecular complexity index is 1190. The molecule has 1 amide bonds. The molecule has 0 aliphatic rings. The molecule has 7 nitrogen and oxygen atoms in total. The minimum absolute atomic E-state index is 0.129. The summed E-state index contributed by atoms with van der Waals surface area (Å²) >= 11 is 7.33. The number of nitrogens with zero attached hydrogens (tertiary/aromatic N) is 4. The number of pyridine rings is 1. The second kappa shape index (κ2) is 9.91. The van der Waals surface area contributed by atoms with Crippen molar-refractivity contribution in [2.24, 2.45) is 0 Å². The number of fused-ring (bicyclic) bond motifs is 1. The highest BCUT2D eigenvalue weighted by molar-refractivity contribution is 7.99. The van der Waals surface area contributed by atoms with Gasteiger partial charge in [-0.3, -0.25) is 14.3 Å². The van der Waals surface area contributed by atoms with Crippen molar-refractivity contribution >= 4 is 45.9 Å². The smallest absolute Gasteiger partial charge is 0.234 e. The maximum atomic E-state index is 12.6. The van der Waals surface area contributed by atoms with E-state index < -0.39 is 0 Å². The van der Waals surface area contributed by atoms with E-state index in [4.69, 9.17) is 16.3 Å². The van der Waals surface area contributed by atoms with Crippen molar-refractivity contribution in [1.29, 1.82) is 0 Å². The Labute approximate surface area is 188 Å². The second-order valence-electron chi connectivity index (χ2n) is 6.67. The zero-order valence-corrected chi connectivity index (χ0v) is 18.4. The Hall–Kier alpha value is -2.94. The van der Waals surface area contributed by atoms with Gasteiger partial charge < -0.3 is 10.1 Å². The van der Waals surface area contributed by atoms with Crippen molar-refractivity contribution in [1.82, 2.24) is 19.7 Å². The maximum Gasteiger partial charge on any atom is 0.234 e. The Morgan fingerprint density at radius 3 is 2.77 bits per heavy atom. The fourth-order valence-corrected chi connectivity index (χ4v) is 4.01. The highest BCUT2D eigenvalue weighted by Crippen LogP contribution is 2.26. The summed E-state index contributed by atoms with van der Waals surface area (Å²) in [6.45, 7) is 1.07. The molecule has 2 aromatic carbocycles. The van der Waals surface area contributed by atoms with Crippen LogP contribution in [0.2, 0.25) is 5.02 Å². The molecule has 4 rings (SSSR count). The van der Waals surface area contributed by atoms with Crippen molar-refractivity contribution in [3.63, 3.8) is 0 Å². The van der Waals surface area contributed by atoms with Crippen LogP contribution in [0.3, 0.4) is 0 Å². The zero-order valence-electron chi connectivity index (χ0n) is 16.8. The van der Waals surface area contributed by atoms with E-state index in [1.807, 2.05) is 59.2 Å². The summed E-state index contributed by atoms with van der Waals surface area (Å²) in [5.74, 6) is 0.773. The predicted molar refractivity (Wildman–Crippen MR) is 123 cm³/mol. The molecule has 31 heavy (non-hydrogen) atoms. The summed E-state index contributed by atoms with van der Waals surface area (Å²) < 4.78 is 7.18. The van der Waals surface area contributed by atoms with Crippen LogP contribution in [-0.4, -0.2) is 45.1 Å². The first-order valence-corrected chi connectivity index (χ1v) is 11.0. The van der Waals surface area contributed by atoms with Crippen LogP contribution in [0.1, 0.15) is 0 Å². The molecule has 0 saturated carbocycles. The van der Waals surface area contributed by atoms with Crippen LogP contribution in [0.15, 0.2) is 66.0 Å². The number of hydrogen-bond acceptors (Lipinski definition) is 6. The molecule has 0 aliphatic heterocycles. The Morgan fingerprint density at radius 1 is 1.13 bits per heavy atom. The largest absolute Gasteiger partial charge is 0.383 e. The van der Waals surface area contributed by atoms with Gasteiger partial charge in [-0.15, -0.1) is 10.2 Å². The lowest BCUT2D eigenvalue weighted by molar-refractivity contribution is -0.113. The van der Waals surface area contributed by atoms with Gasteiger partial charge in [0.2, 0.25) is 5.91 Å². The van der Waals surface area contributed by atoms with Crippen LogP contribution in [0.4, 0.5) is 5.69 Å². The summed E-state index contributed by atoms with van der Waals surface area (Å²) in [6.07, 6.45) is 1.73. The van der Waals surface area contributed by atoms with Gasteiger partial charge in [0.25, 0.3) is 0 Å². The van der Waals surface area contributed by atoms with E-state index in [0.29, 0.717) is 29.2 Å². The molecular weight excluding hydrogens is 434 g/mol. The van der Waals surface area contributed by atoms with Gasteiger partial charge in [-0.2, -0.15) is 0 Å². The molecule has 9 heteroatoms. The molecule has 0 aliphatic carbocycles. The normalized spacial score (nSPS) is 11.0. The third-order valence-corrected chi connectivity index (χ3v) is 5.81. The Balaban J connectivity index is 1.49. The van der Waals surface area contributed by atoms with E-state index in [2.05, 4.69) is 20.5 Å². The average molecular weight is 454 g/mol. The van der Waals surface area contributed by atoms with Crippen LogP contribution >= 0.6 is 23.4 Å². The zero-order chi connectivity index (χ0) is 21.6. The van der Waals surface area contributed by atoms with Crippen LogP contribution in [0.25, 0.3) is 22.3 Å². The van der Waals surface area contributed by atoms with Crippen molar-refractivity contribution in [3.8, 4) is 11.4 Å². The molecule has 158 valence electrons. The third kappa shape index (κ3) is 5.04. The van der Waals surface area contributed by atoms with Gasteiger partial charge in [0, 0.05) is 29.3 Å². The van der Waals surface area contributed by atoms with Crippen LogP contribution in [-0.2, 0) is 16.1 Å². The number of rotatable bonds is 8. The minimum Gasteiger partial charge on any atom is -0.383 e. The number of anilines is 1. The van der Waals surface area contributed by atoms with E-state index in [1.54, 1.807) is 13.3 Å². The first-order chi connectivity index (χ1) is 15.2. The first-order valence-electron chi connectivity index (χ1n) is 9.60. The molecule has 2 aromatic heterocycles. The van der Waals surface area contributed by atoms with Gasteiger partial charge in [0.05, 0.1) is 30.1 Å². The number of carbonyl (C=O) groups is 1. The molecule has 1 N–H and O–H groups in total. The van der Waals surface area contributed by atoms with Crippen molar-refractivity contribution in [2.75, 3.05) is 24.8 Å². The van der Waals surface area contributed by atoms with Gasteiger partial charge >= 0.3 is 0 Å². The standard InChI is InChI=1S/C22H20ClN5O2S/c1-30-13-12-28-21(15-7-9-16(23)10-8-15)26-27-22(28)31-14-20(29)25-19-6-2-5-18-17(19)4-3-11-24-18/h2-11H,12-14H2,1H3,(H,25,29). The van der Waals surface area contributed by atoms with E-state index >= 15 is 0 Å². The first kappa shape index (κ1) is 21.3. The molecule has 0 saturated heterocycles. The quantitative estimate of drug-likeness (QED) is 0.395.